The molecule has 0 aromatic heterocycles. The normalized spacial score (nSPS) is 24.6. The summed E-state index contributed by atoms with van der Waals surface area (Å²) in [6.45, 7) is 9.01. The first-order valence-electron chi connectivity index (χ1n) is 12.2. The molecule has 1 heterocycles. The van der Waals surface area contributed by atoms with Crippen LogP contribution in [-0.2, 0) is 14.8 Å². The van der Waals surface area contributed by atoms with E-state index in [-0.39, 0.29) is 46.6 Å². The highest BCUT2D eigenvalue weighted by molar-refractivity contribution is 7.89. The Kier molecular flexibility index (Phi) is 8.16. The third-order valence-electron chi connectivity index (χ3n) is 7.26. The number of nitrogens with one attached hydrogen (secondary N) is 1. The van der Waals surface area contributed by atoms with E-state index >= 15 is 0 Å². The summed E-state index contributed by atoms with van der Waals surface area (Å²) in [6.07, 6.45) is 1.62. The van der Waals surface area contributed by atoms with E-state index in [0.29, 0.717) is 13.0 Å². The van der Waals surface area contributed by atoms with Crippen molar-refractivity contribution in [3.05, 3.63) is 30.1 Å². The third-order valence-corrected chi connectivity index (χ3v) is 9.11. The van der Waals surface area contributed by atoms with Crippen molar-refractivity contribution < 1.29 is 27.5 Å². The van der Waals surface area contributed by atoms with Crippen molar-refractivity contribution in [2.75, 3.05) is 20.1 Å². The molecule has 2 aliphatic rings. The van der Waals surface area contributed by atoms with Gasteiger partial charge in [0.25, 0.3) is 0 Å². The molecular formula is C25H38FN3O5S. The van der Waals surface area contributed by atoms with E-state index in [9.17, 15) is 27.5 Å². The summed E-state index contributed by atoms with van der Waals surface area (Å²) in [6, 6.07) is 3.76. The zero-order chi connectivity index (χ0) is 26.1. The van der Waals surface area contributed by atoms with Crippen LogP contribution in [0.25, 0.3) is 0 Å². The predicted octanol–water partition coefficient (Wildman–Crippen LogP) is 3.78. The van der Waals surface area contributed by atoms with Crippen LogP contribution in [0.15, 0.2) is 29.2 Å². The molecule has 0 radical (unpaired) electrons. The molecule has 10 heteroatoms. The van der Waals surface area contributed by atoms with Gasteiger partial charge in [-0.05, 0) is 73.1 Å². The highest BCUT2D eigenvalue weighted by atomic mass is 32.2. The van der Waals surface area contributed by atoms with Gasteiger partial charge in [-0.15, -0.1) is 0 Å². The van der Waals surface area contributed by atoms with Crippen molar-refractivity contribution in [2.24, 2.45) is 23.2 Å². The maximum Gasteiger partial charge on any atom is 0.407 e. The standard InChI is InChI=1S/C25H38FN3O5S/c1-16(13-25(2,3)4)12-22(28(5)24(31)32)23(30)27-21-11-6-17-14-29(15-20(17)21)35(33,34)19-9-7-18(26)8-10-19/h7-10,16-17,20-22H,6,11-15H2,1-5H3,(H,27,30)(H,31,32)/t16?,17-,20+,21+,22+/m1/s1. The van der Waals surface area contributed by atoms with Gasteiger partial charge in [0, 0.05) is 26.2 Å². The highest BCUT2D eigenvalue weighted by Crippen LogP contribution is 2.40. The number of benzene rings is 1. The SMILES string of the molecule is CC(C[C@@H](C(=O)N[C@H]1CC[C@@H]2CN(S(=O)(=O)c3ccc(F)cc3)C[C@@H]21)N(C)C(=O)O)CC(C)(C)C. The van der Waals surface area contributed by atoms with Crippen LogP contribution in [0.1, 0.15) is 53.4 Å². The fourth-order valence-electron chi connectivity index (χ4n) is 5.72. The summed E-state index contributed by atoms with van der Waals surface area (Å²) < 4.78 is 40.8. The fraction of sp³-hybridized carbons (Fsp3) is 0.680. The van der Waals surface area contributed by atoms with Crippen molar-refractivity contribution >= 4 is 22.0 Å². The molecule has 0 spiro atoms. The molecule has 2 amide bonds. The van der Waals surface area contributed by atoms with Crippen LogP contribution < -0.4 is 5.32 Å². The first-order chi connectivity index (χ1) is 16.2. The van der Waals surface area contributed by atoms with E-state index in [1.807, 2.05) is 6.92 Å². The molecule has 1 aliphatic heterocycles. The lowest BCUT2D eigenvalue weighted by molar-refractivity contribution is -0.127. The number of sulfonamides is 1. The Labute approximate surface area is 207 Å². The van der Waals surface area contributed by atoms with Crippen LogP contribution in [-0.4, -0.2) is 67.0 Å². The molecule has 3 rings (SSSR count). The lowest BCUT2D eigenvalue weighted by Crippen LogP contribution is -2.52. The Morgan fingerprint density at radius 3 is 2.40 bits per heavy atom. The summed E-state index contributed by atoms with van der Waals surface area (Å²) in [5.74, 6) is -0.612. The van der Waals surface area contributed by atoms with E-state index in [2.05, 4.69) is 26.1 Å². The van der Waals surface area contributed by atoms with Crippen LogP contribution in [0.2, 0.25) is 0 Å². The van der Waals surface area contributed by atoms with Crippen LogP contribution in [0.4, 0.5) is 9.18 Å². The molecule has 1 aromatic carbocycles. The van der Waals surface area contributed by atoms with E-state index in [4.69, 9.17) is 0 Å². The summed E-state index contributed by atoms with van der Waals surface area (Å²) in [5.41, 5.74) is 0.0598. The lowest BCUT2D eigenvalue weighted by Gasteiger charge is -2.31. The number of hydrogen-bond acceptors (Lipinski definition) is 4. The highest BCUT2D eigenvalue weighted by Gasteiger charge is 2.47. The minimum absolute atomic E-state index is 0.0445. The average Bonchev–Trinajstić information content (AvgIpc) is 3.33. The average molecular weight is 512 g/mol. The molecule has 2 N–H and O–H groups in total. The van der Waals surface area contributed by atoms with Gasteiger partial charge < -0.3 is 10.4 Å². The second-order valence-electron chi connectivity index (χ2n) is 11.4. The number of hydrogen-bond donors (Lipinski definition) is 2. The lowest BCUT2D eigenvalue weighted by atomic mass is 9.82. The largest absolute Gasteiger partial charge is 0.465 e. The molecular weight excluding hydrogens is 473 g/mol. The quantitative estimate of drug-likeness (QED) is 0.552. The van der Waals surface area contributed by atoms with Crippen LogP contribution in [0.5, 0.6) is 0 Å². The van der Waals surface area contributed by atoms with Crippen LogP contribution in [0.3, 0.4) is 0 Å². The number of halogens is 1. The van der Waals surface area contributed by atoms with Gasteiger partial charge in [0.2, 0.25) is 15.9 Å². The summed E-state index contributed by atoms with van der Waals surface area (Å²) in [4.78, 5) is 26.1. The van der Waals surface area contributed by atoms with E-state index in [0.717, 1.165) is 36.3 Å². The molecule has 5 atom stereocenters. The maximum absolute atomic E-state index is 13.3. The number of fused-ring (bicyclic) bond motifs is 1. The minimum Gasteiger partial charge on any atom is -0.465 e. The summed E-state index contributed by atoms with van der Waals surface area (Å²) in [5, 5.41) is 12.6. The van der Waals surface area contributed by atoms with Gasteiger partial charge in [0.15, 0.2) is 0 Å². The Bertz CT molecular complexity index is 1020. The van der Waals surface area contributed by atoms with Gasteiger partial charge in [0.05, 0.1) is 4.90 Å². The second kappa shape index (κ2) is 10.4. The predicted molar refractivity (Wildman–Crippen MR) is 131 cm³/mol. The zero-order valence-electron chi connectivity index (χ0n) is 21.2. The van der Waals surface area contributed by atoms with Gasteiger partial charge in [-0.25, -0.2) is 17.6 Å². The van der Waals surface area contributed by atoms with Crippen molar-refractivity contribution in [2.45, 2.75) is 70.4 Å². The number of nitrogens with zero attached hydrogens (tertiary/aromatic N) is 2. The molecule has 1 unspecified atom stereocenters. The first-order valence-corrected chi connectivity index (χ1v) is 13.6. The summed E-state index contributed by atoms with van der Waals surface area (Å²) in [7, 11) is -2.34. The number of carboxylic acid groups (broad SMARTS) is 1. The Morgan fingerprint density at radius 1 is 1.20 bits per heavy atom. The summed E-state index contributed by atoms with van der Waals surface area (Å²) >= 11 is 0. The van der Waals surface area contributed by atoms with Gasteiger partial charge in [0.1, 0.15) is 11.9 Å². The smallest absolute Gasteiger partial charge is 0.407 e. The van der Waals surface area contributed by atoms with Gasteiger partial charge >= 0.3 is 6.09 Å². The first kappa shape index (κ1) is 27.4. The van der Waals surface area contributed by atoms with Crippen LogP contribution >= 0.6 is 0 Å². The van der Waals surface area contributed by atoms with Crippen molar-refractivity contribution in [1.29, 1.82) is 0 Å². The molecule has 2 fully saturated rings. The number of carbonyl (C=O) groups excluding carboxylic acids is 1. The molecule has 196 valence electrons. The number of carbonyl (C=O) groups is 2. The fourth-order valence-corrected chi connectivity index (χ4v) is 7.25. The van der Waals surface area contributed by atoms with Crippen molar-refractivity contribution in [1.82, 2.24) is 14.5 Å². The Morgan fingerprint density at radius 2 is 1.83 bits per heavy atom. The number of rotatable bonds is 8. The van der Waals surface area contributed by atoms with Crippen LogP contribution in [0, 0.1) is 29.0 Å². The zero-order valence-corrected chi connectivity index (χ0v) is 22.0. The minimum atomic E-state index is -3.76. The monoisotopic (exact) mass is 511 g/mol. The van der Waals surface area contributed by atoms with Crippen molar-refractivity contribution in [3.8, 4) is 0 Å². The third kappa shape index (κ3) is 6.52. The Hall–Kier alpha value is -2.20. The molecule has 1 aromatic rings. The molecule has 35 heavy (non-hydrogen) atoms. The maximum atomic E-state index is 13.3. The number of amides is 2. The van der Waals surface area contributed by atoms with E-state index in [1.165, 1.54) is 23.5 Å². The molecule has 0 bridgehead atoms. The molecule has 1 saturated heterocycles. The van der Waals surface area contributed by atoms with Gasteiger partial charge in [-0.1, -0.05) is 27.7 Å². The van der Waals surface area contributed by atoms with Gasteiger partial charge in [-0.2, -0.15) is 4.31 Å². The van der Waals surface area contributed by atoms with E-state index < -0.39 is 28.0 Å². The Balaban J connectivity index is 1.69. The number of likely N-dealkylation sites (N-methyl/N-ethyl adjacent to an activating group) is 1. The molecule has 1 aliphatic carbocycles. The van der Waals surface area contributed by atoms with Crippen molar-refractivity contribution in [3.63, 3.8) is 0 Å². The van der Waals surface area contributed by atoms with Gasteiger partial charge in [-0.3, -0.25) is 9.69 Å². The molecule has 8 nitrogen and oxygen atoms in total. The van der Waals surface area contributed by atoms with E-state index in [1.54, 1.807) is 0 Å². The molecule has 1 saturated carbocycles. The topological polar surface area (TPSA) is 107 Å². The second-order valence-corrected chi connectivity index (χ2v) is 13.3.